The molecule has 0 aliphatic rings. The van der Waals surface area contributed by atoms with E-state index < -0.39 is 41.8 Å². The van der Waals surface area contributed by atoms with Crippen LogP contribution in [0.15, 0.2) is 47.4 Å². The van der Waals surface area contributed by atoms with Gasteiger partial charge in [0.15, 0.2) is 6.10 Å². The molecule has 0 bridgehead atoms. The molecule has 0 aliphatic carbocycles. The summed E-state index contributed by atoms with van der Waals surface area (Å²) < 4.78 is 43.6. The normalized spacial score (nSPS) is 12.0. The third-order valence-corrected chi connectivity index (χ3v) is 3.59. The Balaban J connectivity index is 2.04. The Morgan fingerprint density at radius 2 is 1.93 bits per heavy atom. The third-order valence-electron chi connectivity index (χ3n) is 3.59. The average Bonchev–Trinajstić information content (AvgIpc) is 2.62. The minimum atomic E-state index is -4.68. The van der Waals surface area contributed by atoms with E-state index in [4.69, 9.17) is 10.00 Å². The fourth-order valence-corrected chi connectivity index (χ4v) is 2.17. The largest absolute Gasteiger partial charge is 0.451 e. The number of rotatable bonds is 5. The SMILES string of the molecule is CC(OC(=O)Cn1cc(C(F)(F)F)ccc1=O)C(=O)Nc1ccccc1C#N. The van der Waals surface area contributed by atoms with Crippen LogP contribution in [0.25, 0.3) is 0 Å². The monoisotopic (exact) mass is 393 g/mol. The first-order valence-electron chi connectivity index (χ1n) is 7.89. The Morgan fingerprint density at radius 3 is 2.57 bits per heavy atom. The number of esters is 1. The van der Waals surface area contributed by atoms with Gasteiger partial charge in [0, 0.05) is 12.3 Å². The first-order chi connectivity index (χ1) is 13.1. The van der Waals surface area contributed by atoms with E-state index in [1.807, 2.05) is 6.07 Å². The highest BCUT2D eigenvalue weighted by molar-refractivity contribution is 5.96. The summed E-state index contributed by atoms with van der Waals surface area (Å²) >= 11 is 0. The van der Waals surface area contributed by atoms with Crippen molar-refractivity contribution in [2.24, 2.45) is 0 Å². The number of ether oxygens (including phenoxy) is 1. The highest BCUT2D eigenvalue weighted by Crippen LogP contribution is 2.28. The molecule has 0 fully saturated rings. The van der Waals surface area contributed by atoms with Crippen molar-refractivity contribution in [3.05, 3.63) is 64.1 Å². The van der Waals surface area contributed by atoms with E-state index >= 15 is 0 Å². The number of halogens is 3. The zero-order valence-corrected chi connectivity index (χ0v) is 14.5. The van der Waals surface area contributed by atoms with Crippen LogP contribution in [0.1, 0.15) is 18.1 Å². The van der Waals surface area contributed by atoms with Gasteiger partial charge in [-0.2, -0.15) is 18.4 Å². The van der Waals surface area contributed by atoms with E-state index in [1.54, 1.807) is 12.1 Å². The van der Waals surface area contributed by atoms with Crippen molar-refractivity contribution in [3.63, 3.8) is 0 Å². The molecular formula is C18H14F3N3O4. The highest BCUT2D eigenvalue weighted by Gasteiger charge is 2.31. The summed E-state index contributed by atoms with van der Waals surface area (Å²) in [6.45, 7) is 0.451. The van der Waals surface area contributed by atoms with Crippen molar-refractivity contribution in [3.8, 4) is 6.07 Å². The fraction of sp³-hybridized carbons (Fsp3) is 0.222. The molecule has 0 saturated carbocycles. The van der Waals surface area contributed by atoms with Gasteiger partial charge in [-0.05, 0) is 25.1 Å². The predicted molar refractivity (Wildman–Crippen MR) is 91.0 cm³/mol. The van der Waals surface area contributed by atoms with Crippen LogP contribution in [0.5, 0.6) is 0 Å². The van der Waals surface area contributed by atoms with Crippen LogP contribution < -0.4 is 10.9 Å². The molecule has 1 atom stereocenters. The summed E-state index contributed by atoms with van der Waals surface area (Å²) in [5.74, 6) is -1.81. The number of hydrogen-bond acceptors (Lipinski definition) is 5. The third kappa shape index (κ3) is 5.20. The van der Waals surface area contributed by atoms with Gasteiger partial charge in [0.25, 0.3) is 11.5 Å². The molecule has 0 spiro atoms. The highest BCUT2D eigenvalue weighted by atomic mass is 19.4. The summed E-state index contributed by atoms with van der Waals surface area (Å²) in [5.41, 5.74) is -1.51. The zero-order chi connectivity index (χ0) is 20.9. The Labute approximate surface area is 157 Å². The van der Waals surface area contributed by atoms with Gasteiger partial charge in [-0.1, -0.05) is 12.1 Å². The van der Waals surface area contributed by atoms with Gasteiger partial charge in [0.2, 0.25) is 0 Å². The van der Waals surface area contributed by atoms with E-state index in [0.717, 1.165) is 0 Å². The second kappa shape index (κ2) is 8.39. The molecule has 146 valence electrons. The molecule has 1 aromatic carbocycles. The first kappa shape index (κ1) is 20.7. The van der Waals surface area contributed by atoms with Gasteiger partial charge in [-0.3, -0.25) is 14.4 Å². The Hall–Kier alpha value is -3.61. The molecule has 1 aromatic heterocycles. The number of para-hydroxylation sites is 1. The van der Waals surface area contributed by atoms with Gasteiger partial charge in [0.05, 0.1) is 16.8 Å². The standard InChI is InChI=1S/C18H14F3N3O4/c1-11(17(27)23-14-5-3-2-4-12(14)8-22)28-16(26)10-24-9-13(18(19,20)21)6-7-15(24)25/h2-7,9,11H,10H2,1H3,(H,23,27). The number of pyridine rings is 1. The lowest BCUT2D eigenvalue weighted by atomic mass is 10.2. The van der Waals surface area contributed by atoms with E-state index in [2.05, 4.69) is 5.32 Å². The van der Waals surface area contributed by atoms with Crippen LogP contribution in [0, 0.1) is 11.3 Å². The van der Waals surface area contributed by atoms with Crippen LogP contribution in [-0.2, 0) is 27.0 Å². The molecule has 28 heavy (non-hydrogen) atoms. The van der Waals surface area contributed by atoms with Gasteiger partial charge < -0.3 is 14.6 Å². The number of nitrogens with zero attached hydrogens (tertiary/aromatic N) is 2. The molecule has 0 saturated heterocycles. The average molecular weight is 393 g/mol. The van der Waals surface area contributed by atoms with Crippen molar-refractivity contribution >= 4 is 17.6 Å². The van der Waals surface area contributed by atoms with Crippen molar-refractivity contribution < 1.29 is 27.5 Å². The molecule has 2 rings (SSSR count). The van der Waals surface area contributed by atoms with Gasteiger partial charge in [0.1, 0.15) is 12.6 Å². The topological polar surface area (TPSA) is 101 Å². The quantitative estimate of drug-likeness (QED) is 0.786. The Kier molecular flexibility index (Phi) is 6.20. The molecule has 1 unspecified atom stereocenters. The summed E-state index contributed by atoms with van der Waals surface area (Å²) in [4.78, 5) is 35.7. The van der Waals surface area contributed by atoms with Crippen molar-refractivity contribution in [1.29, 1.82) is 5.26 Å². The van der Waals surface area contributed by atoms with E-state index in [1.165, 1.54) is 19.1 Å². The molecule has 0 radical (unpaired) electrons. The number of carbonyl (C=O) groups excluding carboxylic acids is 2. The summed E-state index contributed by atoms with van der Waals surface area (Å²) in [5, 5.41) is 11.4. The number of amides is 1. The molecule has 1 N–H and O–H groups in total. The number of hydrogen-bond donors (Lipinski definition) is 1. The maximum Gasteiger partial charge on any atom is 0.417 e. The lowest BCUT2D eigenvalue weighted by Gasteiger charge is -2.15. The zero-order valence-electron chi connectivity index (χ0n) is 14.5. The summed E-state index contributed by atoms with van der Waals surface area (Å²) in [6, 6.07) is 9.32. The lowest BCUT2D eigenvalue weighted by molar-refractivity contribution is -0.154. The van der Waals surface area contributed by atoms with Crippen LogP contribution in [0.4, 0.5) is 18.9 Å². The molecule has 0 aliphatic heterocycles. The Morgan fingerprint density at radius 1 is 1.25 bits per heavy atom. The number of aromatic nitrogens is 1. The predicted octanol–water partition coefficient (Wildman–Crippen LogP) is 2.31. The lowest BCUT2D eigenvalue weighted by Crippen LogP contribution is -2.33. The van der Waals surface area contributed by atoms with Crippen LogP contribution in [0.3, 0.4) is 0 Å². The van der Waals surface area contributed by atoms with Crippen LogP contribution >= 0.6 is 0 Å². The number of anilines is 1. The summed E-state index contributed by atoms with van der Waals surface area (Å²) in [7, 11) is 0. The molecule has 1 heterocycles. The molecule has 1 amide bonds. The summed E-state index contributed by atoms with van der Waals surface area (Å²) in [6.07, 6.45) is -5.49. The minimum Gasteiger partial charge on any atom is -0.451 e. The maximum atomic E-state index is 12.7. The second-order valence-corrected chi connectivity index (χ2v) is 5.66. The van der Waals surface area contributed by atoms with E-state index in [0.29, 0.717) is 22.9 Å². The number of benzene rings is 1. The maximum absolute atomic E-state index is 12.7. The van der Waals surface area contributed by atoms with Gasteiger partial charge in [-0.25, -0.2) is 0 Å². The smallest absolute Gasteiger partial charge is 0.417 e. The number of carbonyl (C=O) groups is 2. The number of nitriles is 1. The Bertz CT molecular complexity index is 993. The number of nitrogens with one attached hydrogen (secondary N) is 1. The molecule has 10 heteroatoms. The second-order valence-electron chi connectivity index (χ2n) is 5.66. The minimum absolute atomic E-state index is 0.199. The molecule has 2 aromatic rings. The van der Waals surface area contributed by atoms with Gasteiger partial charge in [-0.15, -0.1) is 0 Å². The van der Waals surface area contributed by atoms with Crippen LogP contribution in [-0.4, -0.2) is 22.5 Å². The first-order valence-corrected chi connectivity index (χ1v) is 7.89. The van der Waals surface area contributed by atoms with Crippen molar-refractivity contribution in [1.82, 2.24) is 4.57 Å². The van der Waals surface area contributed by atoms with Crippen molar-refractivity contribution in [2.45, 2.75) is 25.7 Å². The molecule has 7 nitrogen and oxygen atoms in total. The fourth-order valence-electron chi connectivity index (χ4n) is 2.17. The van der Waals surface area contributed by atoms with Crippen LogP contribution in [0.2, 0.25) is 0 Å². The van der Waals surface area contributed by atoms with E-state index in [-0.39, 0.29) is 11.3 Å². The van der Waals surface area contributed by atoms with Crippen molar-refractivity contribution in [2.75, 3.05) is 5.32 Å². The molecular weight excluding hydrogens is 379 g/mol. The van der Waals surface area contributed by atoms with Gasteiger partial charge >= 0.3 is 12.1 Å². The number of alkyl halides is 3. The van der Waals surface area contributed by atoms with E-state index in [9.17, 15) is 27.6 Å².